The van der Waals surface area contributed by atoms with Gasteiger partial charge in [0.15, 0.2) is 5.82 Å². The normalized spacial score (nSPS) is 11.1. The van der Waals surface area contributed by atoms with Gasteiger partial charge in [-0.3, -0.25) is 0 Å². The summed E-state index contributed by atoms with van der Waals surface area (Å²) >= 11 is 11.4. The number of nitrogens with zero attached hydrogens (tertiary/aromatic N) is 2. The molecule has 0 saturated heterocycles. The third-order valence-corrected chi connectivity index (χ3v) is 4.82. The van der Waals surface area contributed by atoms with Gasteiger partial charge in [-0.15, -0.1) is 0 Å². The Bertz CT molecular complexity index is 634. The van der Waals surface area contributed by atoms with Gasteiger partial charge in [0, 0.05) is 5.56 Å². The zero-order chi connectivity index (χ0) is 14.2. The molecule has 0 spiro atoms. The van der Waals surface area contributed by atoms with E-state index in [1.807, 2.05) is 13.8 Å². The van der Waals surface area contributed by atoms with Crippen LogP contribution in [0.25, 0.3) is 11.4 Å². The summed E-state index contributed by atoms with van der Waals surface area (Å²) in [7, 11) is 0. The van der Waals surface area contributed by atoms with E-state index < -0.39 is 0 Å². The van der Waals surface area contributed by atoms with E-state index in [4.69, 9.17) is 11.6 Å². The molecule has 1 aromatic carbocycles. The summed E-state index contributed by atoms with van der Waals surface area (Å²) in [5, 5.41) is 0.426. The highest BCUT2D eigenvalue weighted by atomic mass is 127. The first-order valence-electron chi connectivity index (χ1n) is 5.58. The number of hydrogen-bond donors (Lipinski definition) is 0. The average molecular weight is 455 g/mol. The topological polar surface area (TPSA) is 25.8 Å². The summed E-state index contributed by atoms with van der Waals surface area (Å²) in [6.45, 7) is 4.09. The number of benzene rings is 1. The molecule has 2 aromatic rings. The SMILES string of the molecule is CC(C)c1nc(-c2ccc(F)c(Br)c2)nc(Cl)c1I. The summed E-state index contributed by atoms with van der Waals surface area (Å²) in [6, 6.07) is 4.67. The molecule has 0 aliphatic carbocycles. The maximum atomic E-state index is 13.3. The van der Waals surface area contributed by atoms with Crippen LogP contribution in [0.1, 0.15) is 25.5 Å². The van der Waals surface area contributed by atoms with Crippen LogP contribution in [0.4, 0.5) is 4.39 Å². The molecule has 0 fully saturated rings. The first kappa shape index (κ1) is 15.1. The van der Waals surface area contributed by atoms with Crippen LogP contribution in [0, 0.1) is 9.39 Å². The minimum absolute atomic E-state index is 0.245. The number of hydrogen-bond acceptors (Lipinski definition) is 2. The van der Waals surface area contributed by atoms with Crippen LogP contribution in [-0.4, -0.2) is 9.97 Å². The zero-order valence-electron chi connectivity index (χ0n) is 10.2. The summed E-state index contributed by atoms with van der Waals surface area (Å²) < 4.78 is 14.5. The van der Waals surface area contributed by atoms with Crippen molar-refractivity contribution in [2.75, 3.05) is 0 Å². The highest BCUT2D eigenvalue weighted by Crippen LogP contribution is 2.29. The van der Waals surface area contributed by atoms with E-state index in [9.17, 15) is 4.39 Å². The zero-order valence-corrected chi connectivity index (χ0v) is 14.7. The van der Waals surface area contributed by atoms with Gasteiger partial charge < -0.3 is 0 Å². The van der Waals surface area contributed by atoms with Gasteiger partial charge in [0.05, 0.1) is 13.7 Å². The van der Waals surface area contributed by atoms with Crippen molar-refractivity contribution in [3.8, 4) is 11.4 Å². The van der Waals surface area contributed by atoms with Gasteiger partial charge >= 0.3 is 0 Å². The van der Waals surface area contributed by atoms with Crippen LogP contribution in [0.3, 0.4) is 0 Å². The van der Waals surface area contributed by atoms with Crippen LogP contribution in [-0.2, 0) is 0 Å². The molecular weight excluding hydrogens is 445 g/mol. The molecular formula is C13H10BrClFIN2. The van der Waals surface area contributed by atoms with Gasteiger partial charge in [0.2, 0.25) is 0 Å². The van der Waals surface area contributed by atoms with Crippen LogP contribution >= 0.6 is 50.1 Å². The van der Waals surface area contributed by atoms with E-state index in [2.05, 4.69) is 48.5 Å². The molecule has 100 valence electrons. The van der Waals surface area contributed by atoms with Crippen molar-refractivity contribution >= 4 is 50.1 Å². The first-order valence-corrected chi connectivity index (χ1v) is 7.83. The Labute approximate surface area is 138 Å². The van der Waals surface area contributed by atoms with E-state index >= 15 is 0 Å². The van der Waals surface area contributed by atoms with Gasteiger partial charge in [-0.1, -0.05) is 25.4 Å². The van der Waals surface area contributed by atoms with Crippen LogP contribution in [0.5, 0.6) is 0 Å². The van der Waals surface area contributed by atoms with E-state index in [0.29, 0.717) is 15.5 Å². The summed E-state index contributed by atoms with van der Waals surface area (Å²) in [6.07, 6.45) is 0. The largest absolute Gasteiger partial charge is 0.232 e. The van der Waals surface area contributed by atoms with Crippen molar-refractivity contribution < 1.29 is 4.39 Å². The van der Waals surface area contributed by atoms with E-state index in [0.717, 1.165) is 14.8 Å². The third-order valence-electron chi connectivity index (χ3n) is 2.56. The fraction of sp³-hybridized carbons (Fsp3) is 0.231. The molecule has 0 radical (unpaired) electrons. The molecule has 1 heterocycles. The summed E-state index contributed by atoms with van der Waals surface area (Å²) in [5.41, 5.74) is 1.63. The molecule has 19 heavy (non-hydrogen) atoms. The molecule has 0 unspecified atom stereocenters. The second-order valence-electron chi connectivity index (χ2n) is 4.32. The lowest BCUT2D eigenvalue weighted by molar-refractivity contribution is 0.621. The Morgan fingerprint density at radius 1 is 1.32 bits per heavy atom. The number of halogens is 4. The van der Waals surface area contributed by atoms with Crippen molar-refractivity contribution in [2.45, 2.75) is 19.8 Å². The molecule has 0 bridgehead atoms. The first-order chi connectivity index (χ1) is 8.90. The van der Waals surface area contributed by atoms with Crippen molar-refractivity contribution in [3.63, 3.8) is 0 Å². The molecule has 2 nitrogen and oxygen atoms in total. The second kappa shape index (κ2) is 6.01. The highest BCUT2D eigenvalue weighted by molar-refractivity contribution is 14.1. The molecule has 2 rings (SSSR count). The van der Waals surface area contributed by atoms with Crippen molar-refractivity contribution in [1.29, 1.82) is 0 Å². The fourth-order valence-electron chi connectivity index (χ4n) is 1.58. The molecule has 0 amide bonds. The number of rotatable bonds is 2. The molecule has 0 saturated carbocycles. The van der Waals surface area contributed by atoms with Crippen molar-refractivity contribution in [3.05, 3.63) is 42.9 Å². The van der Waals surface area contributed by atoms with Crippen LogP contribution < -0.4 is 0 Å². The van der Waals surface area contributed by atoms with Crippen LogP contribution in [0.15, 0.2) is 22.7 Å². The third kappa shape index (κ3) is 3.25. The van der Waals surface area contributed by atoms with E-state index in [-0.39, 0.29) is 11.7 Å². The van der Waals surface area contributed by atoms with E-state index in [1.54, 1.807) is 12.1 Å². The Balaban J connectivity index is 2.59. The lowest BCUT2D eigenvalue weighted by Gasteiger charge is -2.11. The Hall–Kier alpha value is -0.270. The average Bonchev–Trinajstić information content (AvgIpc) is 2.35. The standard InChI is InChI=1S/C13H10BrClFIN2/c1-6(2)11-10(17)12(15)19-13(18-11)7-3-4-9(16)8(14)5-7/h3-6H,1-2H3. The Morgan fingerprint density at radius 3 is 2.58 bits per heavy atom. The van der Waals surface area contributed by atoms with Crippen molar-refractivity contribution in [2.24, 2.45) is 0 Å². The van der Waals surface area contributed by atoms with Crippen molar-refractivity contribution in [1.82, 2.24) is 9.97 Å². The second-order valence-corrected chi connectivity index (χ2v) is 6.61. The Kier molecular flexibility index (Phi) is 4.79. The smallest absolute Gasteiger partial charge is 0.161 e. The minimum atomic E-state index is -0.315. The minimum Gasteiger partial charge on any atom is -0.232 e. The van der Waals surface area contributed by atoms with Gasteiger partial charge in [0.1, 0.15) is 11.0 Å². The molecule has 0 aliphatic rings. The van der Waals surface area contributed by atoms with E-state index in [1.165, 1.54) is 6.07 Å². The fourth-order valence-corrected chi connectivity index (χ4v) is 3.00. The molecule has 0 N–H and O–H groups in total. The predicted octanol–water partition coefficient (Wildman–Crippen LogP) is 5.43. The molecule has 0 atom stereocenters. The van der Waals surface area contributed by atoms with Gasteiger partial charge in [-0.2, -0.15) is 0 Å². The van der Waals surface area contributed by atoms with Gasteiger partial charge in [0.25, 0.3) is 0 Å². The molecule has 0 aliphatic heterocycles. The molecule has 6 heteroatoms. The quantitative estimate of drug-likeness (QED) is 0.446. The molecule has 1 aromatic heterocycles. The number of aromatic nitrogens is 2. The Morgan fingerprint density at radius 2 is 2.00 bits per heavy atom. The predicted molar refractivity (Wildman–Crippen MR) is 86.9 cm³/mol. The van der Waals surface area contributed by atoms with Gasteiger partial charge in [-0.05, 0) is 62.6 Å². The maximum Gasteiger partial charge on any atom is 0.161 e. The van der Waals surface area contributed by atoms with Gasteiger partial charge in [-0.25, -0.2) is 14.4 Å². The summed E-state index contributed by atoms with van der Waals surface area (Å²) in [5.74, 6) is 0.439. The lowest BCUT2D eigenvalue weighted by atomic mass is 10.1. The van der Waals surface area contributed by atoms with Crippen LogP contribution in [0.2, 0.25) is 5.15 Å². The maximum absolute atomic E-state index is 13.3. The highest BCUT2D eigenvalue weighted by Gasteiger charge is 2.15. The summed E-state index contributed by atoms with van der Waals surface area (Å²) in [4.78, 5) is 8.79. The monoisotopic (exact) mass is 454 g/mol. The lowest BCUT2D eigenvalue weighted by Crippen LogP contribution is -2.02.